The van der Waals surface area contributed by atoms with Crippen molar-refractivity contribution in [2.45, 2.75) is 44.7 Å². The van der Waals surface area contributed by atoms with Crippen LogP contribution in [-0.2, 0) is 0 Å². The fourth-order valence-electron chi connectivity index (χ4n) is 2.71. The molecular formula is C11H21N3S. The number of thiocarbonyl (C=S) groups is 1. The minimum atomic E-state index is 0.587. The second kappa shape index (κ2) is 5.12. The van der Waals surface area contributed by atoms with E-state index in [1.807, 2.05) is 0 Å². The molecule has 2 aliphatic rings. The zero-order valence-corrected chi connectivity index (χ0v) is 10.3. The van der Waals surface area contributed by atoms with Gasteiger partial charge in [0.15, 0.2) is 5.11 Å². The molecule has 2 atom stereocenters. The number of fused-ring (bicyclic) bond motifs is 1. The highest BCUT2D eigenvalue weighted by Gasteiger charge is 2.37. The molecule has 0 aliphatic carbocycles. The standard InChI is InChI=1S/C11H21N3S/c1-2-6-12-11(15)13-9-5-8-14-7-3-4-10(9)14/h9-10H,2-8H2,1H3,(H2,12,13,15). The van der Waals surface area contributed by atoms with Gasteiger partial charge in [-0.1, -0.05) is 6.92 Å². The molecule has 2 fully saturated rings. The number of rotatable bonds is 3. The molecule has 0 radical (unpaired) electrons. The first-order valence-corrected chi connectivity index (χ1v) is 6.50. The minimum Gasteiger partial charge on any atom is -0.363 e. The Balaban J connectivity index is 1.77. The average molecular weight is 227 g/mol. The smallest absolute Gasteiger partial charge is 0.166 e. The van der Waals surface area contributed by atoms with Gasteiger partial charge in [-0.3, -0.25) is 4.90 Å². The summed E-state index contributed by atoms with van der Waals surface area (Å²) < 4.78 is 0. The maximum absolute atomic E-state index is 5.28. The third-order valence-electron chi connectivity index (χ3n) is 3.46. The molecule has 2 aliphatic heterocycles. The summed E-state index contributed by atoms with van der Waals surface area (Å²) >= 11 is 5.28. The van der Waals surface area contributed by atoms with Crippen LogP contribution in [0.4, 0.5) is 0 Å². The summed E-state index contributed by atoms with van der Waals surface area (Å²) in [7, 11) is 0. The molecule has 4 heteroatoms. The number of nitrogens with one attached hydrogen (secondary N) is 2. The van der Waals surface area contributed by atoms with Gasteiger partial charge in [0.05, 0.1) is 0 Å². The van der Waals surface area contributed by atoms with Crippen LogP contribution in [-0.4, -0.2) is 41.7 Å². The van der Waals surface area contributed by atoms with Crippen molar-refractivity contribution in [1.82, 2.24) is 15.5 Å². The Kier molecular flexibility index (Phi) is 3.81. The van der Waals surface area contributed by atoms with Crippen molar-refractivity contribution in [2.24, 2.45) is 0 Å². The van der Waals surface area contributed by atoms with Gasteiger partial charge in [0.25, 0.3) is 0 Å². The summed E-state index contributed by atoms with van der Waals surface area (Å²) in [6.45, 7) is 5.67. The second-order valence-electron chi connectivity index (χ2n) is 4.54. The minimum absolute atomic E-state index is 0.587. The Labute approximate surface area is 97.6 Å². The van der Waals surface area contributed by atoms with E-state index in [1.165, 1.54) is 32.4 Å². The van der Waals surface area contributed by atoms with Gasteiger partial charge in [-0.15, -0.1) is 0 Å². The molecular weight excluding hydrogens is 206 g/mol. The van der Waals surface area contributed by atoms with E-state index in [1.54, 1.807) is 0 Å². The van der Waals surface area contributed by atoms with Crippen LogP contribution >= 0.6 is 12.2 Å². The number of hydrogen-bond acceptors (Lipinski definition) is 2. The van der Waals surface area contributed by atoms with E-state index in [4.69, 9.17) is 12.2 Å². The van der Waals surface area contributed by atoms with E-state index in [0.717, 1.165) is 24.1 Å². The van der Waals surface area contributed by atoms with Crippen LogP contribution in [0.2, 0.25) is 0 Å². The van der Waals surface area contributed by atoms with Crippen LogP contribution in [0.1, 0.15) is 32.6 Å². The predicted octanol–water partition coefficient (Wildman–Crippen LogP) is 1.10. The lowest BCUT2D eigenvalue weighted by Crippen LogP contribution is -2.46. The van der Waals surface area contributed by atoms with E-state index >= 15 is 0 Å². The van der Waals surface area contributed by atoms with Crippen LogP contribution < -0.4 is 10.6 Å². The first kappa shape index (κ1) is 11.1. The summed E-state index contributed by atoms with van der Waals surface area (Å²) in [4.78, 5) is 2.60. The van der Waals surface area contributed by atoms with Crippen LogP contribution in [0, 0.1) is 0 Å². The quantitative estimate of drug-likeness (QED) is 0.706. The highest BCUT2D eigenvalue weighted by molar-refractivity contribution is 7.80. The molecule has 2 heterocycles. The molecule has 86 valence electrons. The molecule has 2 unspecified atom stereocenters. The molecule has 0 bridgehead atoms. The highest BCUT2D eigenvalue weighted by Crippen LogP contribution is 2.27. The lowest BCUT2D eigenvalue weighted by atomic mass is 10.1. The van der Waals surface area contributed by atoms with E-state index < -0.39 is 0 Å². The van der Waals surface area contributed by atoms with Gasteiger partial charge < -0.3 is 10.6 Å². The molecule has 2 N–H and O–H groups in total. The molecule has 0 aromatic heterocycles. The van der Waals surface area contributed by atoms with E-state index in [-0.39, 0.29) is 0 Å². The van der Waals surface area contributed by atoms with Gasteiger partial charge >= 0.3 is 0 Å². The van der Waals surface area contributed by atoms with Gasteiger partial charge in [0, 0.05) is 25.2 Å². The van der Waals surface area contributed by atoms with Crippen molar-refractivity contribution in [3.63, 3.8) is 0 Å². The van der Waals surface area contributed by atoms with Gasteiger partial charge in [-0.05, 0) is 44.4 Å². The zero-order chi connectivity index (χ0) is 10.7. The van der Waals surface area contributed by atoms with Crippen LogP contribution in [0.5, 0.6) is 0 Å². The van der Waals surface area contributed by atoms with Gasteiger partial charge in [0.1, 0.15) is 0 Å². The Morgan fingerprint density at radius 1 is 1.40 bits per heavy atom. The molecule has 2 rings (SSSR count). The SMILES string of the molecule is CCCNC(=S)NC1CCN2CCCC12. The van der Waals surface area contributed by atoms with Gasteiger partial charge in [0.2, 0.25) is 0 Å². The summed E-state index contributed by atoms with van der Waals surface area (Å²) in [5, 5.41) is 7.55. The van der Waals surface area contributed by atoms with Crippen molar-refractivity contribution < 1.29 is 0 Å². The second-order valence-corrected chi connectivity index (χ2v) is 4.95. The first-order chi connectivity index (χ1) is 7.31. The van der Waals surface area contributed by atoms with Crippen LogP contribution in [0.15, 0.2) is 0 Å². The molecule has 0 aromatic carbocycles. The molecule has 0 aromatic rings. The normalized spacial score (nSPS) is 30.2. The molecule has 0 spiro atoms. The zero-order valence-electron chi connectivity index (χ0n) is 9.46. The van der Waals surface area contributed by atoms with Crippen molar-refractivity contribution >= 4 is 17.3 Å². The Morgan fingerprint density at radius 2 is 2.27 bits per heavy atom. The monoisotopic (exact) mass is 227 g/mol. The Hall–Kier alpha value is -0.350. The maximum atomic E-state index is 5.28. The van der Waals surface area contributed by atoms with E-state index in [2.05, 4.69) is 22.5 Å². The number of hydrogen-bond donors (Lipinski definition) is 2. The highest BCUT2D eigenvalue weighted by atomic mass is 32.1. The van der Waals surface area contributed by atoms with Crippen molar-refractivity contribution in [1.29, 1.82) is 0 Å². The summed E-state index contributed by atoms with van der Waals surface area (Å²) in [5.74, 6) is 0. The maximum Gasteiger partial charge on any atom is 0.166 e. The summed E-state index contributed by atoms with van der Waals surface area (Å²) in [5.41, 5.74) is 0. The lowest BCUT2D eigenvalue weighted by Gasteiger charge is -2.22. The van der Waals surface area contributed by atoms with Crippen molar-refractivity contribution in [3.8, 4) is 0 Å². The molecule has 0 saturated carbocycles. The van der Waals surface area contributed by atoms with E-state index in [9.17, 15) is 0 Å². The molecule has 0 amide bonds. The van der Waals surface area contributed by atoms with Crippen molar-refractivity contribution in [3.05, 3.63) is 0 Å². The van der Waals surface area contributed by atoms with Crippen LogP contribution in [0.25, 0.3) is 0 Å². The lowest BCUT2D eigenvalue weighted by molar-refractivity contribution is 0.308. The number of nitrogens with zero attached hydrogens (tertiary/aromatic N) is 1. The fourth-order valence-corrected chi connectivity index (χ4v) is 2.96. The van der Waals surface area contributed by atoms with E-state index in [0.29, 0.717) is 6.04 Å². The molecule has 3 nitrogen and oxygen atoms in total. The summed E-state index contributed by atoms with van der Waals surface area (Å²) in [6.07, 6.45) is 5.08. The Bertz CT molecular complexity index is 232. The predicted molar refractivity (Wildman–Crippen MR) is 67.0 cm³/mol. The van der Waals surface area contributed by atoms with Crippen molar-refractivity contribution in [2.75, 3.05) is 19.6 Å². The fraction of sp³-hybridized carbons (Fsp3) is 0.909. The first-order valence-electron chi connectivity index (χ1n) is 6.09. The van der Waals surface area contributed by atoms with Gasteiger partial charge in [-0.25, -0.2) is 0 Å². The topological polar surface area (TPSA) is 27.3 Å². The third kappa shape index (κ3) is 2.61. The molecule has 15 heavy (non-hydrogen) atoms. The third-order valence-corrected chi connectivity index (χ3v) is 3.72. The largest absolute Gasteiger partial charge is 0.363 e. The summed E-state index contributed by atoms with van der Waals surface area (Å²) in [6, 6.07) is 1.33. The Morgan fingerprint density at radius 3 is 3.07 bits per heavy atom. The molecule has 2 saturated heterocycles. The van der Waals surface area contributed by atoms with Gasteiger partial charge in [-0.2, -0.15) is 0 Å². The average Bonchev–Trinajstić information content (AvgIpc) is 2.80. The van der Waals surface area contributed by atoms with Crippen LogP contribution in [0.3, 0.4) is 0 Å².